The van der Waals surface area contributed by atoms with Crippen LogP contribution in [-0.2, 0) is 9.47 Å². The Morgan fingerprint density at radius 1 is 0.897 bits per heavy atom. The first-order chi connectivity index (χ1) is 13.7. The quantitative estimate of drug-likeness (QED) is 0.777. The normalized spacial score (nSPS) is 21.8. The lowest BCUT2D eigenvalue weighted by Gasteiger charge is -2.17. The van der Waals surface area contributed by atoms with E-state index < -0.39 is 18.0 Å². The number of terminal acetylenes is 2. The van der Waals surface area contributed by atoms with Gasteiger partial charge in [0.15, 0.2) is 5.79 Å². The van der Waals surface area contributed by atoms with Crippen LogP contribution in [0.5, 0.6) is 0 Å². The Hall–Kier alpha value is -2.60. The zero-order chi connectivity index (χ0) is 21.6. The van der Waals surface area contributed by atoms with Gasteiger partial charge in [-0.2, -0.15) is 0 Å². The van der Waals surface area contributed by atoms with Crippen molar-refractivity contribution < 1.29 is 19.7 Å². The van der Waals surface area contributed by atoms with E-state index in [0.29, 0.717) is 5.56 Å². The first-order valence-corrected chi connectivity index (χ1v) is 9.51. The van der Waals surface area contributed by atoms with Crippen molar-refractivity contribution >= 4 is 0 Å². The summed E-state index contributed by atoms with van der Waals surface area (Å²) in [5.41, 5.74) is 3.43. The van der Waals surface area contributed by atoms with Gasteiger partial charge in [-0.25, -0.2) is 0 Å². The van der Waals surface area contributed by atoms with Gasteiger partial charge in [0.1, 0.15) is 12.2 Å². The summed E-state index contributed by atoms with van der Waals surface area (Å²) in [5, 5.41) is 18.6. The molecule has 0 bridgehead atoms. The zero-order valence-corrected chi connectivity index (χ0v) is 17.3. The molecule has 0 unspecified atom stereocenters. The standard InChI is InChI=1S/C14H16O2.C11H12O2/c1-5-11-6-8-12(9-7-11)13-10(2)15-14(3,4)16-13;1-3-9-4-6-10(7-5-9)11(13)8(2)12/h1,6-10,13H,2-4H3;1,4-8,11-13H,2H3/t10-,13-;8-,11-/m11/s1. The fourth-order valence-electron chi connectivity index (χ4n) is 3.10. The number of ether oxygens (including phenoxy) is 2. The predicted octanol–water partition coefficient (Wildman–Crippen LogP) is 3.96. The van der Waals surface area contributed by atoms with Crippen LogP contribution in [0.15, 0.2) is 48.5 Å². The van der Waals surface area contributed by atoms with Crippen molar-refractivity contribution in [1.29, 1.82) is 0 Å². The molecule has 2 aromatic carbocycles. The van der Waals surface area contributed by atoms with Crippen molar-refractivity contribution in [1.82, 2.24) is 0 Å². The van der Waals surface area contributed by atoms with Crippen LogP contribution in [0.25, 0.3) is 0 Å². The molecule has 2 aromatic rings. The van der Waals surface area contributed by atoms with Gasteiger partial charge in [0.2, 0.25) is 0 Å². The van der Waals surface area contributed by atoms with Gasteiger partial charge in [-0.3, -0.25) is 0 Å². The molecule has 0 aromatic heterocycles. The topological polar surface area (TPSA) is 58.9 Å². The minimum Gasteiger partial charge on any atom is -0.390 e. The number of benzene rings is 2. The molecule has 0 saturated carbocycles. The summed E-state index contributed by atoms with van der Waals surface area (Å²) in [6.07, 6.45) is 8.93. The van der Waals surface area contributed by atoms with Crippen LogP contribution >= 0.6 is 0 Å². The Bertz CT molecular complexity index is 867. The van der Waals surface area contributed by atoms with Crippen LogP contribution in [0.4, 0.5) is 0 Å². The Morgan fingerprint density at radius 3 is 1.76 bits per heavy atom. The van der Waals surface area contributed by atoms with E-state index in [0.717, 1.165) is 16.7 Å². The molecule has 2 N–H and O–H groups in total. The third kappa shape index (κ3) is 6.19. The van der Waals surface area contributed by atoms with Crippen molar-refractivity contribution in [3.05, 3.63) is 70.8 Å². The summed E-state index contributed by atoms with van der Waals surface area (Å²) >= 11 is 0. The van der Waals surface area contributed by atoms with Crippen molar-refractivity contribution in [2.24, 2.45) is 0 Å². The minimum atomic E-state index is -0.841. The Balaban J connectivity index is 0.000000212. The monoisotopic (exact) mass is 392 g/mol. The highest BCUT2D eigenvalue weighted by atomic mass is 16.7. The second-order valence-corrected chi connectivity index (χ2v) is 7.48. The molecule has 0 amide bonds. The van der Waals surface area contributed by atoms with Gasteiger partial charge in [0.25, 0.3) is 0 Å². The summed E-state index contributed by atoms with van der Waals surface area (Å²) < 4.78 is 11.6. The number of hydrogen-bond donors (Lipinski definition) is 2. The largest absolute Gasteiger partial charge is 0.390 e. The Labute approximate surface area is 173 Å². The Kier molecular flexibility index (Phi) is 7.62. The first kappa shape index (κ1) is 22.7. The maximum absolute atomic E-state index is 9.46. The molecule has 152 valence electrons. The summed E-state index contributed by atoms with van der Waals surface area (Å²) in [6.45, 7) is 7.42. The molecule has 1 aliphatic heterocycles. The fourth-order valence-corrected chi connectivity index (χ4v) is 3.10. The summed E-state index contributed by atoms with van der Waals surface area (Å²) in [7, 11) is 0. The van der Waals surface area contributed by atoms with Gasteiger partial charge < -0.3 is 19.7 Å². The Morgan fingerprint density at radius 2 is 1.38 bits per heavy atom. The van der Waals surface area contributed by atoms with E-state index in [2.05, 4.69) is 11.8 Å². The molecule has 4 heteroatoms. The summed E-state index contributed by atoms with van der Waals surface area (Å²) in [4.78, 5) is 0. The molecule has 1 fully saturated rings. The SMILES string of the molecule is C#Cc1ccc([C@@H]2OC(C)(C)O[C@@H]2C)cc1.C#Cc1ccc([C@H](O)[C@@H](C)O)cc1. The van der Waals surface area contributed by atoms with E-state index in [-0.39, 0.29) is 12.2 Å². The van der Waals surface area contributed by atoms with Crippen LogP contribution in [0.3, 0.4) is 0 Å². The highest BCUT2D eigenvalue weighted by Crippen LogP contribution is 2.37. The van der Waals surface area contributed by atoms with Crippen molar-refractivity contribution in [3.8, 4) is 24.7 Å². The van der Waals surface area contributed by atoms with Crippen molar-refractivity contribution in [3.63, 3.8) is 0 Å². The van der Waals surface area contributed by atoms with Gasteiger partial charge in [-0.1, -0.05) is 36.1 Å². The second kappa shape index (κ2) is 9.74. The highest BCUT2D eigenvalue weighted by Gasteiger charge is 2.39. The molecule has 0 spiro atoms. The lowest BCUT2D eigenvalue weighted by molar-refractivity contribution is -0.145. The van der Waals surface area contributed by atoms with Crippen LogP contribution < -0.4 is 0 Å². The molecule has 1 saturated heterocycles. The third-order valence-electron chi connectivity index (χ3n) is 4.59. The number of aliphatic hydroxyl groups is 2. The summed E-state index contributed by atoms with van der Waals surface area (Å²) in [5.74, 6) is 4.57. The maximum Gasteiger partial charge on any atom is 0.164 e. The van der Waals surface area contributed by atoms with Gasteiger partial charge in [0, 0.05) is 11.1 Å². The lowest BCUT2D eigenvalue weighted by Crippen LogP contribution is -2.20. The third-order valence-corrected chi connectivity index (χ3v) is 4.59. The number of hydrogen-bond acceptors (Lipinski definition) is 4. The van der Waals surface area contributed by atoms with Crippen molar-refractivity contribution in [2.75, 3.05) is 0 Å². The molecular formula is C25H28O4. The first-order valence-electron chi connectivity index (χ1n) is 9.51. The number of rotatable bonds is 3. The molecule has 0 aliphatic carbocycles. The minimum absolute atomic E-state index is 0.0122. The molecule has 1 heterocycles. The predicted molar refractivity (Wildman–Crippen MR) is 114 cm³/mol. The van der Waals surface area contributed by atoms with Gasteiger partial charge in [-0.05, 0) is 63.1 Å². The average molecular weight is 392 g/mol. The van der Waals surface area contributed by atoms with Gasteiger partial charge in [-0.15, -0.1) is 12.8 Å². The van der Waals surface area contributed by atoms with Crippen LogP contribution in [0.2, 0.25) is 0 Å². The molecule has 0 radical (unpaired) electrons. The number of aliphatic hydroxyl groups excluding tert-OH is 2. The molecule has 3 rings (SSSR count). The summed E-state index contributed by atoms with van der Waals surface area (Å²) in [6, 6.07) is 14.8. The van der Waals surface area contributed by atoms with E-state index in [9.17, 15) is 5.11 Å². The van der Waals surface area contributed by atoms with E-state index in [1.54, 1.807) is 31.2 Å². The fraction of sp³-hybridized carbons (Fsp3) is 0.360. The molecule has 4 nitrogen and oxygen atoms in total. The lowest BCUT2D eigenvalue weighted by atomic mass is 10.0. The van der Waals surface area contributed by atoms with E-state index in [1.165, 1.54) is 0 Å². The van der Waals surface area contributed by atoms with Gasteiger partial charge in [0.05, 0.1) is 12.2 Å². The van der Waals surface area contributed by atoms with Crippen LogP contribution in [0, 0.1) is 24.7 Å². The van der Waals surface area contributed by atoms with E-state index >= 15 is 0 Å². The van der Waals surface area contributed by atoms with Crippen LogP contribution in [-0.4, -0.2) is 28.2 Å². The smallest absolute Gasteiger partial charge is 0.164 e. The molecule has 1 aliphatic rings. The van der Waals surface area contributed by atoms with Gasteiger partial charge >= 0.3 is 0 Å². The maximum atomic E-state index is 9.46. The molecule has 29 heavy (non-hydrogen) atoms. The highest BCUT2D eigenvalue weighted by molar-refractivity contribution is 5.36. The average Bonchev–Trinajstić information content (AvgIpc) is 3.00. The second-order valence-electron chi connectivity index (χ2n) is 7.48. The van der Waals surface area contributed by atoms with Crippen molar-refractivity contribution in [2.45, 2.75) is 57.9 Å². The van der Waals surface area contributed by atoms with E-state index in [4.69, 9.17) is 27.4 Å². The molecular weight excluding hydrogens is 364 g/mol. The van der Waals surface area contributed by atoms with Crippen LogP contribution in [0.1, 0.15) is 62.2 Å². The zero-order valence-electron chi connectivity index (χ0n) is 17.3. The molecule has 4 atom stereocenters. The van der Waals surface area contributed by atoms with E-state index in [1.807, 2.05) is 45.0 Å².